The standard InChI is InChI=1S/C43H50N8O3/c1-30(53)51(37(28-52)25-36-26-46-29-48-36)41(24-31-18-19-32-11-8-9-16-35(32)23-31)39-20-22-50(42(54)40(49-39)17-10-21-47-43(44)45)27-38(33-12-4-2-5-13-33)34-14-6-3-7-15-34/h2-9,11-16,18-19,23,26,28-29,37-41,49H,10,17,20-22,24-25,27H2,1H3,(H,46,48)(H4,44,45,47)/t37-,39-,40-,41+/m0/s1. The summed E-state index contributed by atoms with van der Waals surface area (Å²) >= 11 is 0. The number of carbonyl (C=O) groups is 3. The Hall–Kier alpha value is -5.81. The molecule has 1 saturated heterocycles. The van der Waals surface area contributed by atoms with Crippen molar-refractivity contribution in [3.05, 3.63) is 138 Å². The van der Waals surface area contributed by atoms with Crippen LogP contribution >= 0.6 is 0 Å². The molecule has 54 heavy (non-hydrogen) atoms. The number of amides is 2. The third-order valence-corrected chi connectivity index (χ3v) is 10.4. The normalized spacial score (nSPS) is 17.1. The summed E-state index contributed by atoms with van der Waals surface area (Å²) in [4.78, 5) is 56.5. The van der Waals surface area contributed by atoms with Crippen molar-refractivity contribution >= 4 is 34.8 Å². The Morgan fingerprint density at radius 2 is 1.65 bits per heavy atom. The third-order valence-electron chi connectivity index (χ3n) is 10.4. The molecule has 0 bridgehead atoms. The van der Waals surface area contributed by atoms with Crippen molar-refractivity contribution < 1.29 is 14.4 Å². The predicted octanol–water partition coefficient (Wildman–Crippen LogP) is 4.58. The van der Waals surface area contributed by atoms with E-state index < -0.39 is 18.1 Å². The van der Waals surface area contributed by atoms with Gasteiger partial charge in [-0.1, -0.05) is 103 Å². The quantitative estimate of drug-likeness (QED) is 0.0501. The van der Waals surface area contributed by atoms with E-state index in [1.165, 1.54) is 6.92 Å². The molecule has 4 aromatic carbocycles. The molecule has 0 saturated carbocycles. The summed E-state index contributed by atoms with van der Waals surface area (Å²) in [6, 6.07) is 32.9. The lowest BCUT2D eigenvalue weighted by molar-refractivity contribution is -0.138. The van der Waals surface area contributed by atoms with E-state index in [2.05, 4.69) is 74.9 Å². The van der Waals surface area contributed by atoms with Gasteiger partial charge in [-0.3, -0.25) is 14.6 Å². The molecular weight excluding hydrogens is 677 g/mol. The zero-order valence-electron chi connectivity index (χ0n) is 30.8. The first-order valence-corrected chi connectivity index (χ1v) is 18.7. The first-order chi connectivity index (χ1) is 26.3. The number of aromatic amines is 1. The van der Waals surface area contributed by atoms with E-state index in [-0.39, 0.29) is 36.2 Å². The van der Waals surface area contributed by atoms with Crippen LogP contribution in [-0.2, 0) is 27.2 Å². The maximum absolute atomic E-state index is 14.7. The molecule has 1 aliphatic heterocycles. The Kier molecular flexibility index (Phi) is 12.8. The van der Waals surface area contributed by atoms with Crippen molar-refractivity contribution in [2.45, 2.75) is 69.1 Å². The van der Waals surface area contributed by atoms with Gasteiger partial charge in [0, 0.05) is 56.8 Å². The molecular formula is C43H50N8O3. The maximum Gasteiger partial charge on any atom is 0.239 e. The minimum Gasteiger partial charge on any atom is -0.370 e. The van der Waals surface area contributed by atoms with Gasteiger partial charge in [0.15, 0.2) is 5.96 Å². The molecule has 1 aliphatic rings. The van der Waals surface area contributed by atoms with E-state index in [0.29, 0.717) is 45.3 Å². The maximum atomic E-state index is 14.7. The molecule has 2 heterocycles. The van der Waals surface area contributed by atoms with Crippen LogP contribution in [0.15, 0.2) is 121 Å². The van der Waals surface area contributed by atoms with Gasteiger partial charge >= 0.3 is 0 Å². The second-order valence-corrected chi connectivity index (χ2v) is 14.1. The van der Waals surface area contributed by atoms with E-state index in [0.717, 1.165) is 39.4 Å². The van der Waals surface area contributed by atoms with Gasteiger partial charge in [0.25, 0.3) is 0 Å². The van der Waals surface area contributed by atoms with Crippen molar-refractivity contribution in [1.82, 2.24) is 25.1 Å². The molecule has 11 nitrogen and oxygen atoms in total. The molecule has 0 unspecified atom stereocenters. The number of rotatable bonds is 16. The fourth-order valence-electron chi connectivity index (χ4n) is 7.82. The number of H-pyrrole nitrogens is 1. The summed E-state index contributed by atoms with van der Waals surface area (Å²) in [6.07, 6.45) is 6.47. The lowest BCUT2D eigenvalue weighted by Crippen LogP contribution is -2.59. The predicted molar refractivity (Wildman–Crippen MR) is 213 cm³/mol. The van der Waals surface area contributed by atoms with Gasteiger partial charge in [0.2, 0.25) is 11.8 Å². The summed E-state index contributed by atoms with van der Waals surface area (Å²) in [6.45, 7) is 2.84. The Bertz CT molecular complexity index is 1960. The number of nitrogens with two attached hydrogens (primary N) is 2. The van der Waals surface area contributed by atoms with Crippen LogP contribution in [0.4, 0.5) is 0 Å². The van der Waals surface area contributed by atoms with Crippen molar-refractivity contribution in [1.29, 1.82) is 0 Å². The molecule has 6 rings (SSSR count). The molecule has 0 aliphatic carbocycles. The van der Waals surface area contributed by atoms with E-state index >= 15 is 0 Å². The van der Waals surface area contributed by atoms with Crippen LogP contribution in [0.5, 0.6) is 0 Å². The number of fused-ring (bicyclic) bond motifs is 1. The molecule has 4 atom stereocenters. The summed E-state index contributed by atoms with van der Waals surface area (Å²) in [7, 11) is 0. The van der Waals surface area contributed by atoms with Gasteiger partial charge in [-0.05, 0) is 53.1 Å². The molecule has 2 amide bonds. The number of aldehydes is 1. The SMILES string of the molecule is CC(=O)N([C@H](C=O)Cc1cnc[nH]1)[C@H](Cc1ccc2ccccc2c1)[C@@H]1CCN(CC(c2ccccc2)c2ccccc2)C(=O)[C@H](CCCN=C(N)N)N1. The van der Waals surface area contributed by atoms with E-state index in [9.17, 15) is 14.4 Å². The van der Waals surface area contributed by atoms with Crippen LogP contribution < -0.4 is 16.8 Å². The first kappa shape index (κ1) is 37.9. The summed E-state index contributed by atoms with van der Waals surface area (Å²) < 4.78 is 0. The number of benzene rings is 4. The Labute approximate surface area is 316 Å². The molecule has 1 aromatic heterocycles. The molecule has 0 spiro atoms. The van der Waals surface area contributed by atoms with Crippen LogP contribution in [-0.4, -0.2) is 87.6 Å². The van der Waals surface area contributed by atoms with Gasteiger partial charge < -0.3 is 36.4 Å². The van der Waals surface area contributed by atoms with E-state index in [1.54, 1.807) is 17.4 Å². The lowest BCUT2D eigenvalue weighted by Gasteiger charge is -2.40. The number of guanidine groups is 1. The lowest BCUT2D eigenvalue weighted by atomic mass is 9.90. The zero-order valence-corrected chi connectivity index (χ0v) is 30.8. The molecule has 0 radical (unpaired) electrons. The topological polar surface area (TPSA) is 163 Å². The Balaban J connectivity index is 1.38. The number of nitrogens with one attached hydrogen (secondary N) is 2. The fraction of sp³-hybridized carbons (Fsp3) is 0.326. The first-order valence-electron chi connectivity index (χ1n) is 18.7. The highest BCUT2D eigenvalue weighted by Crippen LogP contribution is 2.29. The van der Waals surface area contributed by atoms with Gasteiger partial charge in [-0.15, -0.1) is 0 Å². The number of hydrogen-bond acceptors (Lipinski definition) is 6. The van der Waals surface area contributed by atoms with Crippen molar-refractivity contribution in [3.8, 4) is 0 Å². The highest BCUT2D eigenvalue weighted by Gasteiger charge is 2.40. The second kappa shape index (κ2) is 18.3. The average molecular weight is 727 g/mol. The highest BCUT2D eigenvalue weighted by molar-refractivity contribution is 5.84. The number of imidazole rings is 1. The molecule has 280 valence electrons. The molecule has 11 heteroatoms. The van der Waals surface area contributed by atoms with Crippen molar-refractivity contribution in [3.63, 3.8) is 0 Å². The average Bonchev–Trinajstić information content (AvgIpc) is 3.65. The van der Waals surface area contributed by atoms with Crippen molar-refractivity contribution in [2.75, 3.05) is 19.6 Å². The minimum atomic E-state index is -0.758. The second-order valence-electron chi connectivity index (χ2n) is 14.1. The monoisotopic (exact) mass is 726 g/mol. The largest absolute Gasteiger partial charge is 0.370 e. The number of nitrogens with zero attached hydrogens (tertiary/aromatic N) is 4. The smallest absolute Gasteiger partial charge is 0.239 e. The number of carbonyl (C=O) groups excluding carboxylic acids is 3. The number of hydrogen-bond donors (Lipinski definition) is 4. The summed E-state index contributed by atoms with van der Waals surface area (Å²) in [5.41, 5.74) is 15.3. The fourth-order valence-corrected chi connectivity index (χ4v) is 7.82. The van der Waals surface area contributed by atoms with Crippen molar-refractivity contribution in [2.24, 2.45) is 16.5 Å². The van der Waals surface area contributed by atoms with E-state index in [1.807, 2.05) is 53.4 Å². The highest BCUT2D eigenvalue weighted by atomic mass is 16.2. The Morgan fingerprint density at radius 1 is 0.963 bits per heavy atom. The van der Waals surface area contributed by atoms with Crippen LogP contribution in [0.2, 0.25) is 0 Å². The third kappa shape index (κ3) is 9.59. The molecule has 6 N–H and O–H groups in total. The van der Waals surface area contributed by atoms with Gasteiger partial charge in [-0.25, -0.2) is 4.98 Å². The van der Waals surface area contributed by atoms with Gasteiger partial charge in [0.05, 0.1) is 24.5 Å². The van der Waals surface area contributed by atoms with E-state index in [4.69, 9.17) is 11.5 Å². The van der Waals surface area contributed by atoms with Crippen LogP contribution in [0.1, 0.15) is 54.5 Å². The summed E-state index contributed by atoms with van der Waals surface area (Å²) in [5, 5.41) is 5.94. The number of aromatic nitrogens is 2. The van der Waals surface area contributed by atoms with Gasteiger partial charge in [-0.2, -0.15) is 0 Å². The molecule has 5 aromatic rings. The minimum absolute atomic E-state index is 0.00735. The summed E-state index contributed by atoms with van der Waals surface area (Å²) in [5.74, 6) is -0.273. The van der Waals surface area contributed by atoms with Crippen LogP contribution in [0.25, 0.3) is 10.8 Å². The molecule has 1 fully saturated rings. The van der Waals surface area contributed by atoms with Crippen LogP contribution in [0.3, 0.4) is 0 Å². The number of aliphatic imine (C=N–C) groups is 1. The van der Waals surface area contributed by atoms with Gasteiger partial charge in [0.1, 0.15) is 6.29 Å². The Morgan fingerprint density at radius 3 is 2.28 bits per heavy atom. The zero-order chi connectivity index (χ0) is 37.9. The van der Waals surface area contributed by atoms with Crippen LogP contribution in [0, 0.1) is 0 Å².